The van der Waals surface area contributed by atoms with Crippen molar-refractivity contribution in [3.63, 3.8) is 0 Å². The third-order valence-electron chi connectivity index (χ3n) is 3.10. The minimum Gasteiger partial charge on any atom is -0.463 e. The second-order valence-corrected chi connectivity index (χ2v) is 5.24. The highest BCUT2D eigenvalue weighted by molar-refractivity contribution is 5.94. The fourth-order valence-electron chi connectivity index (χ4n) is 1.69. The first-order valence-electron chi connectivity index (χ1n) is 6.24. The number of amidine groups is 2. The van der Waals surface area contributed by atoms with Crippen LogP contribution in [-0.2, 0) is 9.47 Å². The van der Waals surface area contributed by atoms with Crippen LogP contribution in [0, 0.1) is 11.8 Å². The standard InChI is InChI=1S/C12H21N3O2/c1-7(2)9-5-16-11(13-9)15-12-14-10(6-17-12)8(3)4/h7-10H,5-6H2,1-4H3,(H,13,14,15). The van der Waals surface area contributed by atoms with Crippen molar-refractivity contribution in [1.82, 2.24) is 5.32 Å². The molecule has 0 saturated carbocycles. The maximum Gasteiger partial charge on any atom is 0.293 e. The summed E-state index contributed by atoms with van der Waals surface area (Å²) >= 11 is 0. The Bertz CT molecular complexity index is 305. The third-order valence-corrected chi connectivity index (χ3v) is 3.10. The van der Waals surface area contributed by atoms with Crippen LogP contribution in [0.4, 0.5) is 0 Å². The fourth-order valence-corrected chi connectivity index (χ4v) is 1.69. The van der Waals surface area contributed by atoms with E-state index in [-0.39, 0.29) is 12.1 Å². The molecule has 0 aliphatic carbocycles. The Morgan fingerprint density at radius 3 is 1.65 bits per heavy atom. The summed E-state index contributed by atoms with van der Waals surface area (Å²) in [5, 5.41) is 3.00. The molecule has 0 amide bonds. The molecule has 2 atom stereocenters. The van der Waals surface area contributed by atoms with Crippen molar-refractivity contribution in [2.24, 2.45) is 21.8 Å². The number of rotatable bonds is 2. The highest BCUT2D eigenvalue weighted by Gasteiger charge is 2.26. The molecule has 2 aliphatic rings. The third kappa shape index (κ3) is 2.90. The Hall–Kier alpha value is -1.26. The Labute approximate surface area is 102 Å². The first-order chi connectivity index (χ1) is 8.06. The molecule has 0 aromatic rings. The Morgan fingerprint density at radius 1 is 0.941 bits per heavy atom. The van der Waals surface area contributed by atoms with E-state index in [1.54, 1.807) is 0 Å². The molecule has 96 valence electrons. The Morgan fingerprint density at radius 2 is 1.35 bits per heavy atom. The van der Waals surface area contributed by atoms with Gasteiger partial charge in [0.15, 0.2) is 0 Å². The molecular formula is C12H21N3O2. The van der Waals surface area contributed by atoms with Crippen LogP contribution < -0.4 is 5.32 Å². The van der Waals surface area contributed by atoms with E-state index in [4.69, 9.17) is 9.47 Å². The first-order valence-corrected chi connectivity index (χ1v) is 6.24. The predicted octanol–water partition coefficient (Wildman–Crippen LogP) is 1.40. The molecule has 2 rings (SSSR count). The number of hydrogen-bond acceptors (Lipinski definition) is 5. The fraction of sp³-hybridized carbons (Fsp3) is 0.833. The van der Waals surface area contributed by atoms with Crippen LogP contribution in [0.1, 0.15) is 27.7 Å². The van der Waals surface area contributed by atoms with Crippen LogP contribution >= 0.6 is 0 Å². The van der Waals surface area contributed by atoms with Crippen molar-refractivity contribution in [1.29, 1.82) is 0 Å². The molecule has 17 heavy (non-hydrogen) atoms. The van der Waals surface area contributed by atoms with E-state index < -0.39 is 0 Å². The Balaban J connectivity index is 1.91. The van der Waals surface area contributed by atoms with Gasteiger partial charge in [-0.1, -0.05) is 27.7 Å². The molecule has 2 unspecified atom stereocenters. The van der Waals surface area contributed by atoms with Crippen molar-refractivity contribution < 1.29 is 9.47 Å². The second kappa shape index (κ2) is 4.94. The van der Waals surface area contributed by atoms with E-state index in [2.05, 4.69) is 43.0 Å². The average molecular weight is 239 g/mol. The van der Waals surface area contributed by atoms with Crippen molar-refractivity contribution in [2.75, 3.05) is 13.2 Å². The van der Waals surface area contributed by atoms with Crippen molar-refractivity contribution in [3.8, 4) is 0 Å². The second-order valence-electron chi connectivity index (χ2n) is 5.24. The molecule has 1 N–H and O–H groups in total. The molecule has 0 aromatic carbocycles. The van der Waals surface area contributed by atoms with E-state index >= 15 is 0 Å². The monoisotopic (exact) mass is 239 g/mol. The number of aliphatic imine (C=N–C) groups is 2. The zero-order valence-electron chi connectivity index (χ0n) is 10.9. The Kier molecular flexibility index (Phi) is 3.54. The van der Waals surface area contributed by atoms with Gasteiger partial charge in [0.05, 0.1) is 12.1 Å². The highest BCUT2D eigenvalue weighted by Crippen LogP contribution is 2.15. The predicted molar refractivity (Wildman–Crippen MR) is 67.2 cm³/mol. The maximum atomic E-state index is 5.46. The molecule has 0 saturated heterocycles. The van der Waals surface area contributed by atoms with E-state index in [1.165, 1.54) is 0 Å². The summed E-state index contributed by atoms with van der Waals surface area (Å²) in [6.45, 7) is 9.83. The average Bonchev–Trinajstić information content (AvgIpc) is 2.87. The molecule has 2 heterocycles. The number of ether oxygens (including phenoxy) is 2. The minimum absolute atomic E-state index is 0.236. The first kappa shape index (κ1) is 12.2. The SMILES string of the molecule is CC(C)C1COC(NC2=NC(C(C)C)CO2)=N1. The van der Waals surface area contributed by atoms with Crippen LogP contribution in [0.3, 0.4) is 0 Å². The molecule has 0 radical (unpaired) electrons. The number of nitrogens with zero attached hydrogens (tertiary/aromatic N) is 2. The molecule has 0 spiro atoms. The van der Waals surface area contributed by atoms with Crippen LogP contribution in [-0.4, -0.2) is 37.3 Å². The van der Waals surface area contributed by atoms with Crippen LogP contribution in [0.25, 0.3) is 0 Å². The molecule has 5 heteroatoms. The summed E-state index contributed by atoms with van der Waals surface area (Å²) in [5.74, 6) is 0.980. The van der Waals surface area contributed by atoms with E-state index in [9.17, 15) is 0 Å². The van der Waals surface area contributed by atoms with Gasteiger partial charge in [-0.2, -0.15) is 0 Å². The van der Waals surface area contributed by atoms with E-state index in [1.807, 2.05) is 0 Å². The largest absolute Gasteiger partial charge is 0.463 e. The van der Waals surface area contributed by atoms with Crippen LogP contribution in [0.5, 0.6) is 0 Å². The van der Waals surface area contributed by atoms with Crippen molar-refractivity contribution in [2.45, 2.75) is 39.8 Å². The zero-order chi connectivity index (χ0) is 12.4. The van der Waals surface area contributed by atoms with Gasteiger partial charge in [0.2, 0.25) is 0 Å². The highest BCUT2D eigenvalue weighted by atomic mass is 16.5. The van der Waals surface area contributed by atoms with Gasteiger partial charge in [-0.15, -0.1) is 0 Å². The molecule has 0 fully saturated rings. The number of nitrogens with one attached hydrogen (secondary N) is 1. The van der Waals surface area contributed by atoms with Gasteiger partial charge in [-0.3, -0.25) is 5.32 Å². The summed E-state index contributed by atoms with van der Waals surface area (Å²) in [6.07, 6.45) is 0. The smallest absolute Gasteiger partial charge is 0.293 e. The van der Waals surface area contributed by atoms with Crippen LogP contribution in [0.2, 0.25) is 0 Å². The summed E-state index contributed by atoms with van der Waals surface area (Å²) in [4.78, 5) is 8.89. The lowest BCUT2D eigenvalue weighted by Gasteiger charge is -2.06. The minimum atomic E-state index is 0.236. The summed E-state index contributed by atoms with van der Waals surface area (Å²) < 4.78 is 10.9. The molecule has 0 bridgehead atoms. The van der Waals surface area contributed by atoms with Crippen LogP contribution in [0.15, 0.2) is 9.98 Å². The lowest BCUT2D eigenvalue weighted by atomic mass is 10.1. The summed E-state index contributed by atoms with van der Waals surface area (Å²) in [5.41, 5.74) is 0. The zero-order valence-corrected chi connectivity index (χ0v) is 10.9. The topological polar surface area (TPSA) is 55.2 Å². The van der Waals surface area contributed by atoms with Gasteiger partial charge in [-0.25, -0.2) is 9.98 Å². The van der Waals surface area contributed by atoms with E-state index in [0.717, 1.165) is 0 Å². The summed E-state index contributed by atoms with van der Waals surface area (Å²) in [7, 11) is 0. The van der Waals surface area contributed by atoms with Gasteiger partial charge in [0.1, 0.15) is 13.2 Å². The van der Waals surface area contributed by atoms with Crippen molar-refractivity contribution in [3.05, 3.63) is 0 Å². The molecule has 5 nitrogen and oxygen atoms in total. The van der Waals surface area contributed by atoms with Gasteiger partial charge in [0, 0.05) is 0 Å². The van der Waals surface area contributed by atoms with E-state index in [0.29, 0.717) is 37.1 Å². The van der Waals surface area contributed by atoms with Gasteiger partial charge in [0.25, 0.3) is 12.0 Å². The lowest BCUT2D eigenvalue weighted by Crippen LogP contribution is -2.30. The quantitative estimate of drug-likeness (QED) is 0.792. The molecule has 2 aliphatic heterocycles. The molecular weight excluding hydrogens is 218 g/mol. The molecule has 0 aromatic heterocycles. The normalized spacial score (nSPS) is 27.9. The lowest BCUT2D eigenvalue weighted by molar-refractivity contribution is 0.271. The van der Waals surface area contributed by atoms with Crippen molar-refractivity contribution >= 4 is 12.0 Å². The summed E-state index contributed by atoms with van der Waals surface area (Å²) in [6, 6.07) is 1.54. The number of hydrogen-bond donors (Lipinski definition) is 1. The van der Waals surface area contributed by atoms with Gasteiger partial charge >= 0.3 is 0 Å². The van der Waals surface area contributed by atoms with Gasteiger partial charge in [-0.05, 0) is 11.8 Å². The van der Waals surface area contributed by atoms with Gasteiger partial charge < -0.3 is 9.47 Å². The maximum absolute atomic E-state index is 5.46.